The van der Waals surface area contributed by atoms with E-state index in [2.05, 4.69) is 24.1 Å². The zero-order valence-corrected chi connectivity index (χ0v) is 12.6. The summed E-state index contributed by atoms with van der Waals surface area (Å²) in [5.41, 5.74) is 0. The van der Waals surface area contributed by atoms with E-state index < -0.39 is 0 Å². The summed E-state index contributed by atoms with van der Waals surface area (Å²) in [5, 5.41) is 2.91. The van der Waals surface area contributed by atoms with E-state index in [1.54, 1.807) is 0 Å². The summed E-state index contributed by atoms with van der Waals surface area (Å²) < 4.78 is 0. The molecule has 1 saturated heterocycles. The Morgan fingerprint density at radius 2 is 2.16 bits per heavy atom. The van der Waals surface area contributed by atoms with Crippen LogP contribution in [0.1, 0.15) is 26.7 Å². The Labute approximate surface area is 116 Å². The van der Waals surface area contributed by atoms with E-state index in [1.165, 1.54) is 0 Å². The van der Waals surface area contributed by atoms with Crippen LogP contribution in [-0.2, 0) is 9.59 Å². The van der Waals surface area contributed by atoms with Gasteiger partial charge in [-0.3, -0.25) is 9.59 Å². The van der Waals surface area contributed by atoms with Gasteiger partial charge in [0.25, 0.3) is 0 Å². The molecule has 0 aromatic rings. The molecular formula is C14H27N3O2. The van der Waals surface area contributed by atoms with Gasteiger partial charge in [0, 0.05) is 26.1 Å². The molecule has 5 nitrogen and oxygen atoms in total. The number of carbonyl (C=O) groups excluding carboxylic acids is 2. The van der Waals surface area contributed by atoms with Gasteiger partial charge in [0.15, 0.2) is 0 Å². The second kappa shape index (κ2) is 7.48. The maximum Gasteiger partial charge on any atom is 0.225 e. The highest BCUT2D eigenvalue weighted by Crippen LogP contribution is 2.18. The molecule has 0 aromatic carbocycles. The van der Waals surface area contributed by atoms with Crippen LogP contribution in [0.15, 0.2) is 0 Å². The molecule has 5 heteroatoms. The molecule has 1 unspecified atom stereocenters. The molecule has 0 aliphatic carbocycles. The smallest absolute Gasteiger partial charge is 0.225 e. The Kier molecular flexibility index (Phi) is 6.28. The van der Waals surface area contributed by atoms with E-state index in [-0.39, 0.29) is 17.7 Å². The van der Waals surface area contributed by atoms with Gasteiger partial charge >= 0.3 is 0 Å². The predicted molar refractivity (Wildman–Crippen MR) is 75.7 cm³/mol. The van der Waals surface area contributed by atoms with Crippen LogP contribution < -0.4 is 5.32 Å². The lowest BCUT2D eigenvalue weighted by molar-refractivity contribution is -0.129. The van der Waals surface area contributed by atoms with Crippen molar-refractivity contribution in [2.24, 2.45) is 11.8 Å². The number of hydrogen-bond acceptors (Lipinski definition) is 3. The zero-order valence-electron chi connectivity index (χ0n) is 12.6. The van der Waals surface area contributed by atoms with Crippen molar-refractivity contribution in [2.75, 3.05) is 40.3 Å². The van der Waals surface area contributed by atoms with Gasteiger partial charge in [-0.2, -0.15) is 0 Å². The number of nitrogens with one attached hydrogen (secondary N) is 1. The molecule has 0 spiro atoms. The van der Waals surface area contributed by atoms with Gasteiger partial charge in [0.05, 0.1) is 5.92 Å². The first-order valence-electron chi connectivity index (χ1n) is 7.10. The van der Waals surface area contributed by atoms with E-state index in [0.717, 1.165) is 19.5 Å². The first-order chi connectivity index (χ1) is 8.90. The van der Waals surface area contributed by atoms with Gasteiger partial charge in [-0.25, -0.2) is 0 Å². The van der Waals surface area contributed by atoms with Gasteiger partial charge in [-0.15, -0.1) is 0 Å². The quantitative estimate of drug-likeness (QED) is 0.735. The van der Waals surface area contributed by atoms with E-state index in [1.807, 2.05) is 19.0 Å². The first-order valence-corrected chi connectivity index (χ1v) is 7.10. The van der Waals surface area contributed by atoms with Gasteiger partial charge in [-0.1, -0.05) is 13.8 Å². The van der Waals surface area contributed by atoms with Crippen molar-refractivity contribution in [3.05, 3.63) is 0 Å². The van der Waals surface area contributed by atoms with Crippen LogP contribution in [0, 0.1) is 11.8 Å². The monoisotopic (exact) mass is 269 g/mol. The molecule has 1 N–H and O–H groups in total. The Morgan fingerprint density at radius 3 is 2.74 bits per heavy atom. The predicted octanol–water partition coefficient (Wildman–Crippen LogP) is 0.559. The molecule has 0 saturated carbocycles. The van der Waals surface area contributed by atoms with Crippen molar-refractivity contribution >= 4 is 11.8 Å². The third-order valence-electron chi connectivity index (χ3n) is 3.30. The maximum atomic E-state index is 11.9. The van der Waals surface area contributed by atoms with Gasteiger partial charge < -0.3 is 15.1 Å². The number of hydrogen-bond donors (Lipinski definition) is 1. The average Bonchev–Trinajstić information content (AvgIpc) is 2.67. The lowest BCUT2D eigenvalue weighted by atomic mass is 10.1. The highest BCUT2D eigenvalue weighted by atomic mass is 16.2. The standard InChI is InChI=1S/C14H27N3O2/c1-11(2)9-15-14(19)12-8-13(18)17(10-12)7-5-6-16(3)4/h11-12H,5-10H2,1-4H3,(H,15,19). The lowest BCUT2D eigenvalue weighted by Crippen LogP contribution is -2.35. The lowest BCUT2D eigenvalue weighted by Gasteiger charge is -2.18. The van der Waals surface area contributed by atoms with E-state index >= 15 is 0 Å². The first kappa shape index (κ1) is 16.0. The molecular weight excluding hydrogens is 242 g/mol. The average molecular weight is 269 g/mol. The molecule has 0 aromatic heterocycles. The number of likely N-dealkylation sites (tertiary alicyclic amines) is 1. The van der Waals surface area contributed by atoms with Crippen molar-refractivity contribution < 1.29 is 9.59 Å². The maximum absolute atomic E-state index is 11.9. The molecule has 0 bridgehead atoms. The number of carbonyl (C=O) groups is 2. The minimum atomic E-state index is -0.161. The van der Waals surface area contributed by atoms with Crippen molar-refractivity contribution in [1.29, 1.82) is 0 Å². The van der Waals surface area contributed by atoms with Gasteiger partial charge in [0.2, 0.25) is 11.8 Å². The molecule has 19 heavy (non-hydrogen) atoms. The second-order valence-electron chi connectivity index (χ2n) is 6.04. The highest BCUT2D eigenvalue weighted by molar-refractivity contribution is 5.89. The van der Waals surface area contributed by atoms with E-state index in [9.17, 15) is 9.59 Å². The minimum Gasteiger partial charge on any atom is -0.356 e. The molecule has 0 radical (unpaired) electrons. The summed E-state index contributed by atoms with van der Waals surface area (Å²) in [4.78, 5) is 27.7. The van der Waals surface area contributed by atoms with Crippen molar-refractivity contribution in [3.8, 4) is 0 Å². The minimum absolute atomic E-state index is 0.0251. The van der Waals surface area contributed by atoms with Gasteiger partial charge in [0.1, 0.15) is 0 Å². The number of amides is 2. The summed E-state index contributed by atoms with van der Waals surface area (Å²) in [6.45, 7) is 7.11. The SMILES string of the molecule is CC(C)CNC(=O)C1CC(=O)N(CCCN(C)C)C1. The van der Waals surface area contributed by atoms with Crippen molar-refractivity contribution in [3.63, 3.8) is 0 Å². The van der Waals surface area contributed by atoms with Crippen LogP contribution in [0.2, 0.25) is 0 Å². The Morgan fingerprint density at radius 1 is 1.47 bits per heavy atom. The molecule has 1 aliphatic rings. The molecule has 1 aliphatic heterocycles. The fourth-order valence-electron chi connectivity index (χ4n) is 2.19. The van der Waals surface area contributed by atoms with Gasteiger partial charge in [-0.05, 0) is 33.0 Å². The number of rotatable bonds is 7. The summed E-state index contributed by atoms with van der Waals surface area (Å²) in [5.74, 6) is 0.420. The Balaban J connectivity index is 2.33. The zero-order chi connectivity index (χ0) is 14.4. The van der Waals surface area contributed by atoms with Crippen LogP contribution in [-0.4, -0.2) is 61.9 Å². The molecule has 110 valence electrons. The third kappa shape index (κ3) is 5.59. The third-order valence-corrected chi connectivity index (χ3v) is 3.30. The highest BCUT2D eigenvalue weighted by Gasteiger charge is 2.33. The molecule has 1 fully saturated rings. The summed E-state index contributed by atoms with van der Waals surface area (Å²) >= 11 is 0. The normalized spacial score (nSPS) is 19.6. The van der Waals surface area contributed by atoms with Crippen LogP contribution in [0.5, 0.6) is 0 Å². The van der Waals surface area contributed by atoms with Crippen LogP contribution in [0.4, 0.5) is 0 Å². The van der Waals surface area contributed by atoms with Crippen molar-refractivity contribution in [2.45, 2.75) is 26.7 Å². The molecule has 1 heterocycles. The largest absolute Gasteiger partial charge is 0.356 e. The van der Waals surface area contributed by atoms with Crippen molar-refractivity contribution in [1.82, 2.24) is 15.1 Å². The Bertz CT molecular complexity index is 316. The molecule has 1 rings (SSSR count). The van der Waals surface area contributed by atoms with E-state index in [4.69, 9.17) is 0 Å². The van der Waals surface area contributed by atoms with Crippen LogP contribution in [0.25, 0.3) is 0 Å². The fraction of sp³-hybridized carbons (Fsp3) is 0.857. The number of nitrogens with zero attached hydrogens (tertiary/aromatic N) is 2. The second-order valence-corrected chi connectivity index (χ2v) is 6.04. The molecule has 1 atom stereocenters. The fourth-order valence-corrected chi connectivity index (χ4v) is 2.19. The van der Waals surface area contributed by atoms with E-state index in [0.29, 0.717) is 25.4 Å². The Hall–Kier alpha value is -1.10. The summed E-state index contributed by atoms with van der Waals surface area (Å²) in [6.07, 6.45) is 1.32. The summed E-state index contributed by atoms with van der Waals surface area (Å²) in [6, 6.07) is 0. The summed E-state index contributed by atoms with van der Waals surface area (Å²) in [7, 11) is 4.04. The molecule has 2 amide bonds. The van der Waals surface area contributed by atoms with Crippen LogP contribution in [0.3, 0.4) is 0 Å². The topological polar surface area (TPSA) is 52.7 Å². The van der Waals surface area contributed by atoms with Crippen LogP contribution >= 0.6 is 0 Å².